The van der Waals surface area contributed by atoms with Crippen LogP contribution in [0.3, 0.4) is 0 Å². The fourth-order valence-corrected chi connectivity index (χ4v) is 10.4. The van der Waals surface area contributed by atoms with Gasteiger partial charge >= 0.3 is 12.4 Å². The van der Waals surface area contributed by atoms with Gasteiger partial charge in [0.25, 0.3) is 0 Å². The predicted molar refractivity (Wildman–Crippen MR) is 250 cm³/mol. The lowest BCUT2D eigenvalue weighted by molar-refractivity contribution is -0.186. The third-order valence-electron chi connectivity index (χ3n) is 14.4. The van der Waals surface area contributed by atoms with E-state index in [1.807, 2.05) is 0 Å². The Kier molecular flexibility index (Phi) is 18.9. The molecule has 0 amide bonds. The summed E-state index contributed by atoms with van der Waals surface area (Å²) in [7, 11) is 2.56. The van der Waals surface area contributed by atoms with Gasteiger partial charge in [-0.2, -0.15) is 26.3 Å². The van der Waals surface area contributed by atoms with Crippen LogP contribution in [0.2, 0.25) is 0 Å². The molecule has 0 radical (unpaired) electrons. The van der Waals surface area contributed by atoms with Crippen LogP contribution in [0.1, 0.15) is 160 Å². The molecule has 0 heterocycles. The Balaban J connectivity index is 1.28. The SMILES string of the molecule is CCCCC1CCC(c2ccc(Cc3cc(CC(COC)C(F)(F)F)ccc3Oc3ccc(CC(COC)C(F)(F)F)cc3Cc3ccc(C4CCC(CCCC)CC4)cc3)cc2)CC1. The zero-order valence-corrected chi connectivity index (χ0v) is 39.2. The van der Waals surface area contributed by atoms with Crippen molar-refractivity contribution >= 4 is 0 Å². The van der Waals surface area contributed by atoms with Gasteiger partial charge in [-0.3, -0.25) is 0 Å². The van der Waals surface area contributed by atoms with Gasteiger partial charge in [-0.1, -0.05) is 125 Å². The van der Waals surface area contributed by atoms with Crippen molar-refractivity contribution in [3.8, 4) is 11.5 Å². The van der Waals surface area contributed by atoms with Crippen LogP contribution in [0.25, 0.3) is 0 Å². The van der Waals surface area contributed by atoms with E-state index in [1.165, 1.54) is 115 Å². The zero-order chi connectivity index (χ0) is 46.4. The Hall–Kier alpha value is -3.82. The summed E-state index contributed by atoms with van der Waals surface area (Å²) in [5, 5.41) is 0. The summed E-state index contributed by atoms with van der Waals surface area (Å²) in [5.41, 5.74) is 7.17. The molecule has 9 heteroatoms. The highest BCUT2D eigenvalue weighted by Crippen LogP contribution is 2.41. The summed E-state index contributed by atoms with van der Waals surface area (Å²) in [5.74, 6) is 0.320. The Morgan fingerprint density at radius 2 is 0.846 bits per heavy atom. The number of benzene rings is 4. The van der Waals surface area contributed by atoms with Gasteiger partial charge in [-0.05, 0) is 145 Å². The molecule has 0 saturated heterocycles. The van der Waals surface area contributed by atoms with Gasteiger partial charge in [0, 0.05) is 27.1 Å². The van der Waals surface area contributed by atoms with Crippen molar-refractivity contribution in [2.75, 3.05) is 27.4 Å². The molecular formula is C56H72F6O3. The van der Waals surface area contributed by atoms with Crippen molar-refractivity contribution in [3.63, 3.8) is 0 Å². The fraction of sp³-hybridized carbons (Fsp3) is 0.571. The molecule has 4 aromatic rings. The van der Waals surface area contributed by atoms with Gasteiger partial charge in [-0.15, -0.1) is 0 Å². The van der Waals surface area contributed by atoms with Crippen LogP contribution in [0, 0.1) is 23.7 Å². The lowest BCUT2D eigenvalue weighted by atomic mass is 9.77. The van der Waals surface area contributed by atoms with E-state index >= 15 is 0 Å². The van der Waals surface area contributed by atoms with Crippen molar-refractivity contribution in [1.82, 2.24) is 0 Å². The first-order valence-corrected chi connectivity index (χ1v) is 24.5. The van der Waals surface area contributed by atoms with Gasteiger partial charge in [-0.25, -0.2) is 0 Å². The second-order valence-electron chi connectivity index (χ2n) is 19.3. The highest BCUT2D eigenvalue weighted by Gasteiger charge is 2.40. The van der Waals surface area contributed by atoms with Gasteiger partial charge in [0.15, 0.2) is 0 Å². The first-order chi connectivity index (χ1) is 31.3. The quantitative estimate of drug-likeness (QED) is 0.0736. The van der Waals surface area contributed by atoms with Gasteiger partial charge in [0.05, 0.1) is 25.0 Å². The van der Waals surface area contributed by atoms with Crippen LogP contribution in [0.15, 0.2) is 84.9 Å². The maximum Gasteiger partial charge on any atom is 0.394 e. The maximum atomic E-state index is 14.1. The zero-order valence-electron chi connectivity index (χ0n) is 39.2. The average Bonchev–Trinajstić information content (AvgIpc) is 3.29. The van der Waals surface area contributed by atoms with Crippen LogP contribution in [0.5, 0.6) is 11.5 Å². The highest BCUT2D eigenvalue weighted by molar-refractivity contribution is 5.48. The number of rotatable bonds is 22. The summed E-state index contributed by atoms with van der Waals surface area (Å²) in [6.45, 7) is 3.60. The summed E-state index contributed by atoms with van der Waals surface area (Å²) in [4.78, 5) is 0. The van der Waals surface area contributed by atoms with E-state index in [0.717, 1.165) is 34.1 Å². The molecule has 0 bridgehead atoms. The van der Waals surface area contributed by atoms with E-state index < -0.39 is 37.4 Å². The summed E-state index contributed by atoms with van der Waals surface area (Å²) in [6, 6.07) is 27.7. The minimum absolute atomic E-state index is 0.247. The van der Waals surface area contributed by atoms with Crippen molar-refractivity contribution in [2.24, 2.45) is 23.7 Å². The third-order valence-corrected chi connectivity index (χ3v) is 14.4. The fourth-order valence-electron chi connectivity index (χ4n) is 10.4. The van der Waals surface area contributed by atoms with Crippen LogP contribution in [-0.4, -0.2) is 39.8 Å². The molecule has 356 valence electrons. The number of hydrogen-bond acceptors (Lipinski definition) is 3. The van der Waals surface area contributed by atoms with E-state index in [-0.39, 0.29) is 12.8 Å². The van der Waals surface area contributed by atoms with Crippen LogP contribution in [-0.2, 0) is 35.2 Å². The van der Waals surface area contributed by atoms with Gasteiger partial charge < -0.3 is 14.2 Å². The topological polar surface area (TPSA) is 27.7 Å². The van der Waals surface area contributed by atoms with Crippen molar-refractivity contribution in [1.29, 1.82) is 0 Å². The molecule has 2 atom stereocenters. The normalized spacial score (nSPS) is 20.4. The number of hydrogen-bond donors (Lipinski definition) is 0. The largest absolute Gasteiger partial charge is 0.457 e. The summed E-state index contributed by atoms with van der Waals surface area (Å²) < 4.78 is 101. The first kappa shape index (κ1) is 50.6. The molecular weight excluding hydrogens is 835 g/mol. The first-order valence-electron chi connectivity index (χ1n) is 24.5. The molecule has 2 aliphatic rings. The predicted octanol–water partition coefficient (Wildman–Crippen LogP) is 16.3. The minimum atomic E-state index is -4.44. The second-order valence-corrected chi connectivity index (χ2v) is 19.3. The van der Waals surface area contributed by atoms with E-state index in [0.29, 0.717) is 47.3 Å². The van der Waals surface area contributed by atoms with E-state index in [1.54, 1.807) is 36.4 Å². The molecule has 0 N–H and O–H groups in total. The Morgan fingerprint density at radius 1 is 0.492 bits per heavy atom. The number of ether oxygens (including phenoxy) is 3. The molecule has 0 aliphatic heterocycles. The Labute approximate surface area is 385 Å². The monoisotopic (exact) mass is 907 g/mol. The molecule has 0 aromatic heterocycles. The summed E-state index contributed by atoms with van der Waals surface area (Å²) in [6.07, 6.45) is 8.91. The van der Waals surface area contributed by atoms with Gasteiger partial charge in [0.2, 0.25) is 0 Å². The molecule has 3 nitrogen and oxygen atoms in total. The standard InChI is InChI=1S/C56H72F6O3/c1-5-7-9-39-11-21-45(22-12-39)47-25-15-41(16-26-47)31-49-33-43(35-51(37-63-3)55(57,58)59)19-29-53(49)65-54-30-20-44(36-52(38-64-4)56(60,61)62)34-50(54)32-42-17-27-48(28-18-42)46-23-13-40(14-24-46)10-8-6-2/h15-20,25-30,33-34,39-40,45-46,51-52H,5-14,21-24,31-32,35-38H2,1-4H3. The lowest BCUT2D eigenvalue weighted by Gasteiger charge is -2.29. The Bertz CT molecular complexity index is 1860. The molecule has 65 heavy (non-hydrogen) atoms. The number of halogens is 6. The van der Waals surface area contributed by atoms with Crippen molar-refractivity contribution in [3.05, 3.63) is 129 Å². The van der Waals surface area contributed by atoms with Crippen molar-refractivity contribution in [2.45, 2.75) is 154 Å². The highest BCUT2D eigenvalue weighted by atomic mass is 19.4. The molecule has 6 rings (SSSR count). The third kappa shape index (κ3) is 15.1. The molecule has 2 aliphatic carbocycles. The molecule has 0 spiro atoms. The average molecular weight is 907 g/mol. The lowest BCUT2D eigenvalue weighted by Crippen LogP contribution is -2.29. The number of unbranched alkanes of at least 4 members (excludes halogenated alkanes) is 2. The van der Waals surface area contributed by atoms with E-state index in [4.69, 9.17) is 14.2 Å². The van der Waals surface area contributed by atoms with Crippen LogP contribution >= 0.6 is 0 Å². The Morgan fingerprint density at radius 3 is 1.17 bits per heavy atom. The van der Waals surface area contributed by atoms with Gasteiger partial charge in [0.1, 0.15) is 11.5 Å². The smallest absolute Gasteiger partial charge is 0.394 e. The molecule has 2 saturated carbocycles. The number of alkyl halides is 6. The van der Waals surface area contributed by atoms with Crippen LogP contribution < -0.4 is 4.74 Å². The number of methoxy groups -OCH3 is 2. The molecule has 2 fully saturated rings. The van der Waals surface area contributed by atoms with Crippen molar-refractivity contribution < 1.29 is 40.6 Å². The van der Waals surface area contributed by atoms with E-state index in [2.05, 4.69) is 62.4 Å². The van der Waals surface area contributed by atoms with Crippen LogP contribution in [0.4, 0.5) is 26.3 Å². The minimum Gasteiger partial charge on any atom is -0.457 e. The summed E-state index contributed by atoms with van der Waals surface area (Å²) >= 11 is 0. The van der Waals surface area contributed by atoms with E-state index in [9.17, 15) is 26.3 Å². The molecule has 2 unspecified atom stereocenters. The maximum absolute atomic E-state index is 14.1. The second kappa shape index (κ2) is 24.3. The molecule has 4 aromatic carbocycles.